The lowest BCUT2D eigenvalue weighted by Crippen LogP contribution is -2.25. The average molecular weight is 396 g/mol. The molecule has 1 heterocycles. The number of halogens is 4. The van der Waals surface area contributed by atoms with Crippen molar-refractivity contribution in [2.24, 2.45) is 0 Å². The molecule has 138 valence electrons. The van der Waals surface area contributed by atoms with E-state index < -0.39 is 32.4 Å². The second-order valence-corrected chi connectivity index (χ2v) is 8.14. The van der Waals surface area contributed by atoms with Gasteiger partial charge in [0.1, 0.15) is 0 Å². The predicted octanol–water partition coefficient (Wildman–Crippen LogP) is 3.22. The number of allylic oxidation sites excluding steroid dienone is 1. The number of hydrogen-bond acceptors (Lipinski definition) is 3. The summed E-state index contributed by atoms with van der Waals surface area (Å²) in [5.41, 5.74) is -0.891. The summed E-state index contributed by atoms with van der Waals surface area (Å²) in [6.07, 6.45) is -0.558. The molecule has 1 fully saturated rings. The fourth-order valence-corrected chi connectivity index (χ4v) is 3.80. The highest BCUT2D eigenvalue weighted by Crippen LogP contribution is 2.37. The number of benzene rings is 1. The van der Waals surface area contributed by atoms with E-state index in [1.165, 1.54) is 11.0 Å². The zero-order valence-corrected chi connectivity index (χ0v) is 15.0. The number of carbonyl (C=O) groups excluding carboxylic acids is 1. The molecule has 1 aliphatic heterocycles. The Kier molecular flexibility index (Phi) is 5.83. The van der Waals surface area contributed by atoms with E-state index in [9.17, 15) is 26.4 Å². The standard InChI is InChI=1S/C16H17ClF3NO3S/c1-25(23,24)14-5-4-11(8-13(14)16(18,19)20)12-9-15(22)21(10-12)7-3-2-6-17/h2-5,8,12H,6-7,9-10H2,1H3. The first-order valence-corrected chi connectivity index (χ1v) is 9.86. The first-order chi connectivity index (χ1) is 11.5. The van der Waals surface area contributed by atoms with Gasteiger partial charge in [0, 0.05) is 37.6 Å². The number of sulfone groups is 1. The molecule has 0 radical (unpaired) electrons. The molecule has 1 atom stereocenters. The number of rotatable bonds is 5. The third kappa shape index (κ3) is 4.76. The SMILES string of the molecule is CS(=O)(=O)c1ccc(C2CC(=O)N(CC=CCCl)C2)cc1C(F)(F)F. The van der Waals surface area contributed by atoms with Crippen LogP contribution >= 0.6 is 11.6 Å². The third-order valence-electron chi connectivity index (χ3n) is 3.98. The maximum absolute atomic E-state index is 13.2. The fraction of sp³-hybridized carbons (Fsp3) is 0.438. The summed E-state index contributed by atoms with van der Waals surface area (Å²) in [6.45, 7) is 0.622. The van der Waals surface area contributed by atoms with Gasteiger partial charge in [0.15, 0.2) is 9.84 Å². The summed E-state index contributed by atoms with van der Waals surface area (Å²) in [6, 6.07) is 3.15. The van der Waals surface area contributed by atoms with Gasteiger partial charge < -0.3 is 4.90 Å². The molecule has 2 rings (SSSR count). The Hall–Kier alpha value is -1.54. The van der Waals surface area contributed by atoms with E-state index in [4.69, 9.17) is 11.6 Å². The zero-order valence-electron chi connectivity index (χ0n) is 13.4. The number of likely N-dealkylation sites (tertiary alicyclic amines) is 1. The van der Waals surface area contributed by atoms with Gasteiger partial charge in [-0.25, -0.2) is 8.42 Å². The minimum Gasteiger partial charge on any atom is -0.338 e. The molecule has 0 aliphatic carbocycles. The van der Waals surface area contributed by atoms with Gasteiger partial charge >= 0.3 is 6.18 Å². The van der Waals surface area contributed by atoms with Crippen LogP contribution in [0.2, 0.25) is 0 Å². The van der Waals surface area contributed by atoms with Gasteiger partial charge in [-0.2, -0.15) is 13.2 Å². The molecule has 0 saturated carbocycles. The molecular weight excluding hydrogens is 379 g/mol. The van der Waals surface area contributed by atoms with Crippen LogP contribution in [0.25, 0.3) is 0 Å². The van der Waals surface area contributed by atoms with Crippen LogP contribution in [0.4, 0.5) is 13.2 Å². The molecule has 0 spiro atoms. The smallest absolute Gasteiger partial charge is 0.338 e. The molecule has 4 nitrogen and oxygen atoms in total. The Morgan fingerprint density at radius 1 is 1.32 bits per heavy atom. The number of hydrogen-bond donors (Lipinski definition) is 0. The number of nitrogens with zero attached hydrogens (tertiary/aromatic N) is 1. The van der Waals surface area contributed by atoms with Crippen molar-refractivity contribution in [2.75, 3.05) is 25.2 Å². The van der Waals surface area contributed by atoms with Gasteiger partial charge in [-0.3, -0.25) is 4.79 Å². The maximum atomic E-state index is 13.2. The van der Waals surface area contributed by atoms with Gasteiger partial charge in [0.25, 0.3) is 0 Å². The first-order valence-electron chi connectivity index (χ1n) is 7.44. The highest BCUT2D eigenvalue weighted by molar-refractivity contribution is 7.90. The Bertz CT molecular complexity index is 790. The van der Waals surface area contributed by atoms with Crippen molar-refractivity contribution in [3.63, 3.8) is 0 Å². The van der Waals surface area contributed by atoms with Crippen LogP contribution in [-0.2, 0) is 20.8 Å². The Labute approximate surface area is 149 Å². The third-order valence-corrected chi connectivity index (χ3v) is 5.31. The van der Waals surface area contributed by atoms with Crippen LogP contribution < -0.4 is 0 Å². The van der Waals surface area contributed by atoms with E-state index in [1.807, 2.05) is 0 Å². The molecule has 1 aliphatic rings. The van der Waals surface area contributed by atoms with Gasteiger partial charge in [0.2, 0.25) is 5.91 Å². The number of alkyl halides is 4. The summed E-state index contributed by atoms with van der Waals surface area (Å²) >= 11 is 5.51. The molecule has 0 bridgehead atoms. The summed E-state index contributed by atoms with van der Waals surface area (Å²) < 4.78 is 62.9. The summed E-state index contributed by atoms with van der Waals surface area (Å²) in [5, 5.41) is 0. The van der Waals surface area contributed by atoms with Crippen molar-refractivity contribution in [1.82, 2.24) is 4.90 Å². The normalized spacial score (nSPS) is 19.2. The van der Waals surface area contributed by atoms with Gasteiger partial charge in [0.05, 0.1) is 10.5 Å². The van der Waals surface area contributed by atoms with E-state index >= 15 is 0 Å². The van der Waals surface area contributed by atoms with Gasteiger partial charge in [-0.15, -0.1) is 11.6 Å². The second kappa shape index (κ2) is 7.37. The molecule has 1 unspecified atom stereocenters. The van der Waals surface area contributed by atoms with E-state index in [2.05, 4.69) is 0 Å². The Balaban J connectivity index is 2.32. The quantitative estimate of drug-likeness (QED) is 0.568. The van der Waals surface area contributed by atoms with Crippen molar-refractivity contribution in [2.45, 2.75) is 23.4 Å². The molecular formula is C16H17ClF3NO3S. The first kappa shape index (κ1) is 19.8. The highest BCUT2D eigenvalue weighted by atomic mass is 35.5. The molecule has 1 aromatic rings. The Morgan fingerprint density at radius 3 is 2.56 bits per heavy atom. The second-order valence-electron chi connectivity index (χ2n) is 5.85. The lowest BCUT2D eigenvalue weighted by atomic mass is 9.96. The molecule has 9 heteroatoms. The molecule has 1 amide bonds. The van der Waals surface area contributed by atoms with Crippen LogP contribution in [0.1, 0.15) is 23.5 Å². The topological polar surface area (TPSA) is 54.5 Å². The number of carbonyl (C=O) groups is 1. The fourth-order valence-electron chi connectivity index (χ4n) is 2.78. The van der Waals surface area contributed by atoms with Crippen molar-refractivity contribution in [1.29, 1.82) is 0 Å². The van der Waals surface area contributed by atoms with Crippen molar-refractivity contribution >= 4 is 27.3 Å². The van der Waals surface area contributed by atoms with Crippen molar-refractivity contribution < 1.29 is 26.4 Å². The van der Waals surface area contributed by atoms with Crippen LogP contribution in [0.15, 0.2) is 35.2 Å². The van der Waals surface area contributed by atoms with Gasteiger partial charge in [-0.05, 0) is 17.7 Å². The van der Waals surface area contributed by atoms with Gasteiger partial charge in [-0.1, -0.05) is 18.2 Å². The van der Waals surface area contributed by atoms with E-state index in [-0.39, 0.29) is 18.9 Å². The van der Waals surface area contributed by atoms with Crippen LogP contribution in [-0.4, -0.2) is 44.5 Å². The zero-order chi connectivity index (χ0) is 18.8. The largest absolute Gasteiger partial charge is 0.417 e. The molecule has 1 aromatic carbocycles. The summed E-state index contributed by atoms with van der Waals surface area (Å²) in [7, 11) is -4.01. The lowest BCUT2D eigenvalue weighted by Gasteiger charge is -2.17. The molecule has 25 heavy (non-hydrogen) atoms. The summed E-state index contributed by atoms with van der Waals surface area (Å²) in [4.78, 5) is 12.8. The van der Waals surface area contributed by atoms with Crippen molar-refractivity contribution in [3.8, 4) is 0 Å². The summed E-state index contributed by atoms with van der Waals surface area (Å²) in [5.74, 6) is -0.260. The maximum Gasteiger partial charge on any atom is 0.417 e. The minimum absolute atomic E-state index is 0.0875. The molecule has 0 N–H and O–H groups in total. The van der Waals surface area contributed by atoms with Crippen molar-refractivity contribution in [3.05, 3.63) is 41.5 Å². The predicted molar refractivity (Wildman–Crippen MR) is 88.4 cm³/mol. The van der Waals surface area contributed by atoms with Crippen LogP contribution in [0, 0.1) is 0 Å². The molecule has 0 aromatic heterocycles. The minimum atomic E-state index is -4.79. The van der Waals surface area contributed by atoms with Crippen LogP contribution in [0.3, 0.4) is 0 Å². The number of amides is 1. The van der Waals surface area contributed by atoms with E-state index in [0.29, 0.717) is 18.0 Å². The lowest BCUT2D eigenvalue weighted by molar-refractivity contribution is -0.140. The monoisotopic (exact) mass is 395 g/mol. The van der Waals surface area contributed by atoms with E-state index in [0.717, 1.165) is 18.4 Å². The van der Waals surface area contributed by atoms with Crippen LogP contribution in [0.5, 0.6) is 0 Å². The Morgan fingerprint density at radius 2 is 2.00 bits per heavy atom. The highest BCUT2D eigenvalue weighted by Gasteiger charge is 2.38. The average Bonchev–Trinajstić information content (AvgIpc) is 2.86. The molecule has 1 saturated heterocycles. The van der Waals surface area contributed by atoms with E-state index in [1.54, 1.807) is 12.2 Å².